The van der Waals surface area contributed by atoms with Crippen LogP contribution < -0.4 is 9.47 Å². The molecule has 20 heavy (non-hydrogen) atoms. The van der Waals surface area contributed by atoms with Gasteiger partial charge in [-0.3, -0.25) is 0 Å². The van der Waals surface area contributed by atoms with Gasteiger partial charge in [0.1, 0.15) is 12.4 Å². The fourth-order valence-electron chi connectivity index (χ4n) is 2.17. The van der Waals surface area contributed by atoms with E-state index in [0.717, 1.165) is 16.6 Å². The molecule has 3 aromatic rings. The average molecular weight is 269 g/mol. The van der Waals surface area contributed by atoms with E-state index in [2.05, 4.69) is 4.98 Å². The second-order valence-corrected chi connectivity index (χ2v) is 4.47. The van der Waals surface area contributed by atoms with Crippen LogP contribution in [0.15, 0.2) is 48.5 Å². The lowest BCUT2D eigenvalue weighted by atomic mass is 10.2. The van der Waals surface area contributed by atoms with Gasteiger partial charge in [0.2, 0.25) is 0 Å². The van der Waals surface area contributed by atoms with Gasteiger partial charge in [-0.25, -0.2) is 0 Å². The highest BCUT2D eigenvalue weighted by atomic mass is 16.5. The smallest absolute Gasteiger partial charge is 0.161 e. The van der Waals surface area contributed by atoms with Crippen molar-refractivity contribution in [2.75, 3.05) is 7.11 Å². The van der Waals surface area contributed by atoms with Crippen LogP contribution in [0.4, 0.5) is 0 Å². The molecule has 0 aliphatic carbocycles. The first-order valence-electron chi connectivity index (χ1n) is 6.33. The largest absolute Gasteiger partial charge is 0.507 e. The monoisotopic (exact) mass is 269 g/mol. The van der Waals surface area contributed by atoms with Crippen LogP contribution in [-0.2, 0) is 6.61 Å². The number of aromatic amines is 1. The van der Waals surface area contributed by atoms with Crippen LogP contribution in [-0.4, -0.2) is 17.2 Å². The SMILES string of the molecule is COc1ccccc1OCc1cc2c(O)cccc2[nH]1. The van der Waals surface area contributed by atoms with Crippen molar-refractivity contribution < 1.29 is 14.6 Å². The van der Waals surface area contributed by atoms with E-state index in [1.807, 2.05) is 36.4 Å². The Labute approximate surface area is 116 Å². The number of aromatic hydroxyl groups is 1. The molecule has 0 aliphatic heterocycles. The summed E-state index contributed by atoms with van der Waals surface area (Å²) in [6.45, 7) is 0.383. The third-order valence-corrected chi connectivity index (χ3v) is 3.15. The van der Waals surface area contributed by atoms with Gasteiger partial charge in [-0.1, -0.05) is 18.2 Å². The van der Waals surface area contributed by atoms with Crippen molar-refractivity contribution in [2.24, 2.45) is 0 Å². The molecule has 0 radical (unpaired) electrons. The molecule has 2 N–H and O–H groups in total. The highest BCUT2D eigenvalue weighted by Gasteiger charge is 2.07. The molecule has 1 aromatic heterocycles. The number of para-hydroxylation sites is 2. The molecule has 0 fully saturated rings. The van der Waals surface area contributed by atoms with Crippen molar-refractivity contribution in [1.29, 1.82) is 0 Å². The zero-order valence-electron chi connectivity index (χ0n) is 11.1. The van der Waals surface area contributed by atoms with E-state index in [0.29, 0.717) is 18.1 Å². The number of fused-ring (bicyclic) bond motifs is 1. The second kappa shape index (κ2) is 5.17. The molecule has 2 aromatic carbocycles. The minimum atomic E-state index is 0.266. The first-order chi connectivity index (χ1) is 9.78. The minimum Gasteiger partial charge on any atom is -0.507 e. The fraction of sp³-hybridized carbons (Fsp3) is 0.125. The summed E-state index contributed by atoms with van der Waals surface area (Å²) in [6.07, 6.45) is 0. The van der Waals surface area contributed by atoms with E-state index in [1.165, 1.54) is 0 Å². The average Bonchev–Trinajstić information content (AvgIpc) is 2.90. The highest BCUT2D eigenvalue weighted by molar-refractivity contribution is 5.86. The van der Waals surface area contributed by atoms with E-state index in [1.54, 1.807) is 19.2 Å². The maximum absolute atomic E-state index is 9.77. The number of nitrogens with one attached hydrogen (secondary N) is 1. The van der Waals surface area contributed by atoms with Gasteiger partial charge in [0, 0.05) is 10.9 Å². The highest BCUT2D eigenvalue weighted by Crippen LogP contribution is 2.28. The summed E-state index contributed by atoms with van der Waals surface area (Å²) < 4.78 is 11.0. The van der Waals surface area contributed by atoms with Gasteiger partial charge >= 0.3 is 0 Å². The Morgan fingerprint density at radius 3 is 2.60 bits per heavy atom. The lowest BCUT2D eigenvalue weighted by molar-refractivity contribution is 0.281. The molecular weight excluding hydrogens is 254 g/mol. The van der Waals surface area contributed by atoms with E-state index < -0.39 is 0 Å². The number of methoxy groups -OCH3 is 1. The molecule has 102 valence electrons. The second-order valence-electron chi connectivity index (χ2n) is 4.47. The van der Waals surface area contributed by atoms with E-state index in [9.17, 15) is 5.11 Å². The van der Waals surface area contributed by atoms with Gasteiger partial charge in [-0.05, 0) is 30.3 Å². The summed E-state index contributed by atoms with van der Waals surface area (Å²) in [5.41, 5.74) is 1.79. The molecule has 4 heteroatoms. The number of ether oxygens (including phenoxy) is 2. The lowest BCUT2D eigenvalue weighted by Gasteiger charge is -2.09. The summed E-state index contributed by atoms with van der Waals surface area (Å²) in [7, 11) is 1.61. The van der Waals surface area contributed by atoms with Crippen LogP contribution in [0.3, 0.4) is 0 Å². The van der Waals surface area contributed by atoms with Crippen LogP contribution in [0.2, 0.25) is 0 Å². The molecule has 1 heterocycles. The summed E-state index contributed by atoms with van der Waals surface area (Å²) >= 11 is 0. The zero-order chi connectivity index (χ0) is 13.9. The number of phenolic OH excluding ortho intramolecular Hbond substituents is 1. The van der Waals surface area contributed by atoms with Gasteiger partial charge in [0.25, 0.3) is 0 Å². The van der Waals surface area contributed by atoms with E-state index >= 15 is 0 Å². The third kappa shape index (κ3) is 2.28. The molecule has 0 atom stereocenters. The number of hydrogen-bond acceptors (Lipinski definition) is 3. The number of aromatic nitrogens is 1. The van der Waals surface area contributed by atoms with E-state index in [-0.39, 0.29) is 5.75 Å². The van der Waals surface area contributed by atoms with Crippen molar-refractivity contribution in [3.63, 3.8) is 0 Å². The van der Waals surface area contributed by atoms with Crippen LogP contribution in [0, 0.1) is 0 Å². The Balaban J connectivity index is 1.82. The number of hydrogen-bond donors (Lipinski definition) is 2. The predicted octanol–water partition coefficient (Wildman–Crippen LogP) is 3.46. The van der Waals surface area contributed by atoms with Gasteiger partial charge in [0.15, 0.2) is 11.5 Å². The standard InChI is InChI=1S/C16H15NO3/c1-19-15-7-2-3-8-16(15)20-10-11-9-12-13(17-11)5-4-6-14(12)18/h2-9,17-18H,10H2,1H3. The topological polar surface area (TPSA) is 54.5 Å². The summed E-state index contributed by atoms with van der Waals surface area (Å²) in [5, 5.41) is 10.6. The van der Waals surface area contributed by atoms with Crippen molar-refractivity contribution in [1.82, 2.24) is 4.98 Å². The Morgan fingerprint density at radius 1 is 1.05 bits per heavy atom. The van der Waals surface area contributed by atoms with Crippen molar-refractivity contribution in [2.45, 2.75) is 6.61 Å². The van der Waals surface area contributed by atoms with Crippen molar-refractivity contribution >= 4 is 10.9 Å². The van der Waals surface area contributed by atoms with Gasteiger partial charge in [-0.2, -0.15) is 0 Å². The summed E-state index contributed by atoms with van der Waals surface area (Å²) in [5.74, 6) is 1.66. The zero-order valence-corrected chi connectivity index (χ0v) is 11.1. The van der Waals surface area contributed by atoms with Crippen molar-refractivity contribution in [3.8, 4) is 17.2 Å². The van der Waals surface area contributed by atoms with Crippen LogP contribution in [0.5, 0.6) is 17.2 Å². The molecule has 0 bridgehead atoms. The molecule has 4 nitrogen and oxygen atoms in total. The molecule has 3 rings (SSSR count). The fourth-order valence-corrected chi connectivity index (χ4v) is 2.17. The molecule has 0 amide bonds. The van der Waals surface area contributed by atoms with Gasteiger partial charge in [0.05, 0.1) is 12.8 Å². The Bertz CT molecular complexity index is 733. The van der Waals surface area contributed by atoms with Crippen molar-refractivity contribution in [3.05, 3.63) is 54.2 Å². The first kappa shape index (κ1) is 12.4. The quantitative estimate of drug-likeness (QED) is 0.762. The molecule has 0 saturated heterocycles. The van der Waals surface area contributed by atoms with Crippen LogP contribution in [0.25, 0.3) is 10.9 Å². The first-order valence-corrected chi connectivity index (χ1v) is 6.33. The number of rotatable bonds is 4. The number of H-pyrrole nitrogens is 1. The molecule has 0 spiro atoms. The summed E-state index contributed by atoms with van der Waals surface area (Å²) in [6, 6.07) is 14.8. The Kier molecular flexibility index (Phi) is 3.21. The minimum absolute atomic E-state index is 0.266. The Morgan fingerprint density at radius 2 is 1.85 bits per heavy atom. The molecule has 0 saturated carbocycles. The van der Waals surface area contributed by atoms with Gasteiger partial charge in [-0.15, -0.1) is 0 Å². The summed E-state index contributed by atoms with van der Waals surface area (Å²) in [4.78, 5) is 3.22. The maximum atomic E-state index is 9.77. The normalized spacial score (nSPS) is 10.7. The van der Waals surface area contributed by atoms with Crippen LogP contribution in [0.1, 0.15) is 5.69 Å². The predicted molar refractivity (Wildman–Crippen MR) is 77.3 cm³/mol. The maximum Gasteiger partial charge on any atom is 0.161 e. The Hall–Kier alpha value is -2.62. The molecule has 0 aliphatic rings. The molecule has 0 unspecified atom stereocenters. The van der Waals surface area contributed by atoms with Gasteiger partial charge < -0.3 is 19.6 Å². The lowest BCUT2D eigenvalue weighted by Crippen LogP contribution is -1.97. The third-order valence-electron chi connectivity index (χ3n) is 3.15. The number of phenols is 1. The number of benzene rings is 2. The molecular formula is C16H15NO3. The van der Waals surface area contributed by atoms with E-state index in [4.69, 9.17) is 9.47 Å². The van der Waals surface area contributed by atoms with Crippen LogP contribution >= 0.6 is 0 Å².